The molecule has 1 saturated carbocycles. The normalized spacial score (nSPS) is 25.6. The Hall–Kier alpha value is -0.950. The first-order valence-corrected chi connectivity index (χ1v) is 8.13. The molecule has 1 aromatic carbocycles. The lowest BCUT2D eigenvalue weighted by Gasteiger charge is -2.37. The fraction of sp³-hybridized carbons (Fsp3) is 0.533. The average Bonchev–Trinajstić information content (AvgIpc) is 2.98. The van der Waals surface area contributed by atoms with Gasteiger partial charge < -0.3 is 4.74 Å². The number of hydrogen-bond acceptors (Lipinski definition) is 4. The second-order valence-electron chi connectivity index (χ2n) is 5.66. The molecule has 0 aromatic heterocycles. The van der Waals surface area contributed by atoms with Crippen molar-refractivity contribution in [3.63, 3.8) is 0 Å². The summed E-state index contributed by atoms with van der Waals surface area (Å²) in [5.74, 6) is 4.89. The number of morpholine rings is 1. The third kappa shape index (κ3) is 3.13. The first-order chi connectivity index (χ1) is 10.2. The summed E-state index contributed by atoms with van der Waals surface area (Å²) in [5, 5.41) is 0. The van der Waals surface area contributed by atoms with Crippen LogP contribution in [0.5, 0.6) is 0 Å². The highest BCUT2D eigenvalue weighted by Crippen LogP contribution is 2.31. The van der Waals surface area contributed by atoms with Gasteiger partial charge in [-0.1, -0.05) is 22.0 Å². The molecule has 3 N–H and O–H groups in total. The van der Waals surface area contributed by atoms with Crippen molar-refractivity contribution in [2.45, 2.75) is 38.0 Å². The van der Waals surface area contributed by atoms with Crippen LogP contribution < -0.4 is 11.3 Å². The molecule has 2 unspecified atom stereocenters. The Morgan fingerprint density at radius 1 is 1.48 bits per heavy atom. The summed E-state index contributed by atoms with van der Waals surface area (Å²) in [6.45, 7) is 2.67. The number of hydrazine groups is 1. The summed E-state index contributed by atoms with van der Waals surface area (Å²) in [6, 6.07) is 6.17. The van der Waals surface area contributed by atoms with Crippen LogP contribution in [0.3, 0.4) is 0 Å². The second kappa shape index (κ2) is 6.44. The van der Waals surface area contributed by atoms with E-state index in [-0.39, 0.29) is 5.91 Å². The van der Waals surface area contributed by atoms with E-state index in [2.05, 4.69) is 26.3 Å². The standard InChI is InChI=1S/C15H20BrN3O2/c16-12-8-10(15(20)18-17)4-5-11(12)9-19-6-7-21-14-3-1-2-13(14)19/h4-5,8,13-14H,1-3,6-7,9,17H2,(H,18,20). The summed E-state index contributed by atoms with van der Waals surface area (Å²) < 4.78 is 6.79. The van der Waals surface area contributed by atoms with Gasteiger partial charge in [-0.15, -0.1) is 0 Å². The molecular formula is C15H20BrN3O2. The zero-order valence-electron chi connectivity index (χ0n) is 11.8. The molecule has 1 aliphatic heterocycles. The maximum Gasteiger partial charge on any atom is 0.265 e. The van der Waals surface area contributed by atoms with Crippen molar-refractivity contribution in [2.24, 2.45) is 5.84 Å². The van der Waals surface area contributed by atoms with Gasteiger partial charge >= 0.3 is 0 Å². The molecule has 21 heavy (non-hydrogen) atoms. The van der Waals surface area contributed by atoms with Crippen LogP contribution in [0.1, 0.15) is 35.2 Å². The highest BCUT2D eigenvalue weighted by atomic mass is 79.9. The van der Waals surface area contributed by atoms with Gasteiger partial charge in [0.2, 0.25) is 0 Å². The van der Waals surface area contributed by atoms with Crippen LogP contribution in [0.15, 0.2) is 22.7 Å². The van der Waals surface area contributed by atoms with Gasteiger partial charge in [0.25, 0.3) is 5.91 Å². The molecule has 3 rings (SSSR count). The van der Waals surface area contributed by atoms with Gasteiger partial charge in [-0.3, -0.25) is 15.1 Å². The van der Waals surface area contributed by atoms with Crippen LogP contribution in [0.2, 0.25) is 0 Å². The minimum Gasteiger partial charge on any atom is -0.375 e. The van der Waals surface area contributed by atoms with E-state index in [9.17, 15) is 4.79 Å². The van der Waals surface area contributed by atoms with Crippen molar-refractivity contribution < 1.29 is 9.53 Å². The Morgan fingerprint density at radius 3 is 3.10 bits per heavy atom. The predicted molar refractivity (Wildman–Crippen MR) is 83.6 cm³/mol. The zero-order valence-corrected chi connectivity index (χ0v) is 13.4. The highest BCUT2D eigenvalue weighted by Gasteiger charge is 2.35. The smallest absolute Gasteiger partial charge is 0.265 e. The van der Waals surface area contributed by atoms with E-state index >= 15 is 0 Å². The first-order valence-electron chi connectivity index (χ1n) is 7.34. The highest BCUT2D eigenvalue weighted by molar-refractivity contribution is 9.10. The molecule has 0 spiro atoms. The molecule has 6 heteroatoms. The summed E-state index contributed by atoms with van der Waals surface area (Å²) in [7, 11) is 0. The van der Waals surface area contributed by atoms with Crippen molar-refractivity contribution in [1.29, 1.82) is 0 Å². The molecule has 0 bridgehead atoms. The number of ether oxygens (including phenoxy) is 1. The Morgan fingerprint density at radius 2 is 2.33 bits per heavy atom. The lowest BCUT2D eigenvalue weighted by Crippen LogP contribution is -2.47. The van der Waals surface area contributed by atoms with E-state index in [1.54, 1.807) is 0 Å². The van der Waals surface area contributed by atoms with Crippen molar-refractivity contribution in [2.75, 3.05) is 13.2 Å². The molecule has 1 saturated heterocycles. The van der Waals surface area contributed by atoms with Crippen LogP contribution in [0.25, 0.3) is 0 Å². The second-order valence-corrected chi connectivity index (χ2v) is 6.51. The van der Waals surface area contributed by atoms with E-state index in [4.69, 9.17) is 10.6 Å². The molecule has 0 radical (unpaired) electrons. The van der Waals surface area contributed by atoms with E-state index < -0.39 is 0 Å². The number of carbonyl (C=O) groups excluding carboxylic acids is 1. The quantitative estimate of drug-likeness (QED) is 0.494. The lowest BCUT2D eigenvalue weighted by atomic mass is 10.1. The largest absolute Gasteiger partial charge is 0.375 e. The van der Waals surface area contributed by atoms with E-state index in [0.29, 0.717) is 17.7 Å². The minimum absolute atomic E-state index is 0.274. The molecule has 5 nitrogen and oxygen atoms in total. The summed E-state index contributed by atoms with van der Waals surface area (Å²) in [6.07, 6.45) is 4.05. The summed E-state index contributed by atoms with van der Waals surface area (Å²) in [4.78, 5) is 14.0. The van der Waals surface area contributed by atoms with Crippen molar-refractivity contribution in [3.05, 3.63) is 33.8 Å². The number of nitrogens with zero attached hydrogens (tertiary/aromatic N) is 1. The van der Waals surface area contributed by atoms with Gasteiger partial charge in [-0.25, -0.2) is 5.84 Å². The molecule has 2 fully saturated rings. The SMILES string of the molecule is NNC(=O)c1ccc(CN2CCOC3CCCC32)c(Br)c1. The van der Waals surface area contributed by atoms with Crippen molar-refractivity contribution in [3.8, 4) is 0 Å². The summed E-state index contributed by atoms with van der Waals surface area (Å²) >= 11 is 3.57. The first kappa shape index (κ1) is 15.0. The van der Waals surface area contributed by atoms with Crippen LogP contribution in [0, 0.1) is 0 Å². The molecule has 1 heterocycles. The number of rotatable bonds is 3. The van der Waals surface area contributed by atoms with Crippen molar-refractivity contribution >= 4 is 21.8 Å². The number of fused-ring (bicyclic) bond motifs is 1. The Bertz CT molecular complexity index is 538. The van der Waals surface area contributed by atoms with Gasteiger partial charge in [0.05, 0.1) is 12.7 Å². The number of hydrogen-bond donors (Lipinski definition) is 2. The maximum atomic E-state index is 11.5. The fourth-order valence-electron chi connectivity index (χ4n) is 3.32. The average molecular weight is 354 g/mol. The number of carbonyl (C=O) groups is 1. The van der Waals surface area contributed by atoms with E-state index in [1.807, 2.05) is 18.2 Å². The Labute approximate surface area is 132 Å². The summed E-state index contributed by atoms with van der Waals surface area (Å²) in [5.41, 5.74) is 3.91. The molecule has 114 valence electrons. The third-order valence-electron chi connectivity index (χ3n) is 4.42. The minimum atomic E-state index is -0.274. The fourth-order valence-corrected chi connectivity index (χ4v) is 3.83. The molecule has 1 aliphatic carbocycles. The number of nitrogen functional groups attached to an aromatic ring is 1. The van der Waals surface area contributed by atoms with Gasteiger partial charge in [0, 0.05) is 29.2 Å². The molecular weight excluding hydrogens is 334 g/mol. The van der Waals surface area contributed by atoms with E-state index in [1.165, 1.54) is 24.8 Å². The third-order valence-corrected chi connectivity index (χ3v) is 5.16. The van der Waals surface area contributed by atoms with Gasteiger partial charge in [-0.2, -0.15) is 0 Å². The van der Waals surface area contributed by atoms with Gasteiger partial charge in [0.1, 0.15) is 0 Å². The number of halogens is 1. The lowest BCUT2D eigenvalue weighted by molar-refractivity contribution is -0.0588. The van der Waals surface area contributed by atoms with Crippen LogP contribution in [-0.2, 0) is 11.3 Å². The Kier molecular flexibility index (Phi) is 4.59. The van der Waals surface area contributed by atoms with Crippen molar-refractivity contribution in [1.82, 2.24) is 10.3 Å². The maximum absolute atomic E-state index is 11.5. The predicted octanol–water partition coefficient (Wildman–Crippen LogP) is 1.81. The van der Waals surface area contributed by atoms with Crippen LogP contribution >= 0.6 is 15.9 Å². The number of amides is 1. The van der Waals surface area contributed by atoms with Crippen LogP contribution in [-0.4, -0.2) is 36.1 Å². The number of benzene rings is 1. The molecule has 2 aliphatic rings. The molecule has 1 amide bonds. The number of nitrogens with one attached hydrogen (secondary N) is 1. The molecule has 2 atom stereocenters. The van der Waals surface area contributed by atoms with Gasteiger partial charge in [-0.05, 0) is 37.0 Å². The van der Waals surface area contributed by atoms with E-state index in [0.717, 1.165) is 24.2 Å². The monoisotopic (exact) mass is 353 g/mol. The Balaban J connectivity index is 1.74. The topological polar surface area (TPSA) is 67.6 Å². The van der Waals surface area contributed by atoms with Crippen LogP contribution in [0.4, 0.5) is 0 Å². The van der Waals surface area contributed by atoms with Gasteiger partial charge in [0.15, 0.2) is 0 Å². The molecule has 1 aromatic rings. The number of nitrogens with two attached hydrogens (primary N) is 1. The zero-order chi connectivity index (χ0) is 14.8.